The van der Waals surface area contributed by atoms with Crippen molar-refractivity contribution in [1.82, 2.24) is 5.32 Å². The summed E-state index contributed by atoms with van der Waals surface area (Å²) in [7, 11) is 1.62. The van der Waals surface area contributed by atoms with Crippen LogP contribution in [-0.4, -0.2) is 35.2 Å². The molecule has 2 fully saturated rings. The molecule has 2 saturated carbocycles. The van der Waals surface area contributed by atoms with Gasteiger partial charge in [-0.2, -0.15) is 0 Å². The van der Waals surface area contributed by atoms with Crippen molar-refractivity contribution in [2.24, 2.45) is 0 Å². The molecule has 0 aromatic carbocycles. The van der Waals surface area contributed by atoms with Gasteiger partial charge in [-0.25, -0.2) is 4.79 Å². The fourth-order valence-electron chi connectivity index (χ4n) is 3.00. The van der Waals surface area contributed by atoms with E-state index in [1.165, 1.54) is 0 Å². The van der Waals surface area contributed by atoms with Gasteiger partial charge in [0.1, 0.15) is 5.54 Å². The zero-order valence-corrected chi connectivity index (χ0v) is 10.8. The van der Waals surface area contributed by atoms with Crippen LogP contribution in [0.5, 0.6) is 0 Å². The lowest BCUT2D eigenvalue weighted by molar-refractivity contribution is -0.150. The molecule has 0 aromatic heterocycles. The highest BCUT2D eigenvalue weighted by molar-refractivity contribution is 5.87. The van der Waals surface area contributed by atoms with Crippen LogP contribution in [0.3, 0.4) is 0 Å². The Labute approximate surface area is 107 Å². The number of aliphatic carboxylic acids is 1. The summed E-state index contributed by atoms with van der Waals surface area (Å²) < 4.78 is 5.39. The summed E-state index contributed by atoms with van der Waals surface area (Å²) in [5, 5.41) is 12.0. The molecule has 1 amide bonds. The van der Waals surface area contributed by atoms with Gasteiger partial charge in [-0.1, -0.05) is 12.8 Å². The van der Waals surface area contributed by atoms with Crippen LogP contribution in [0.15, 0.2) is 0 Å². The molecule has 5 nitrogen and oxygen atoms in total. The first-order valence-corrected chi connectivity index (χ1v) is 6.62. The van der Waals surface area contributed by atoms with Gasteiger partial charge >= 0.3 is 5.97 Å². The third kappa shape index (κ3) is 2.36. The van der Waals surface area contributed by atoms with E-state index >= 15 is 0 Å². The molecule has 0 bridgehead atoms. The fourth-order valence-corrected chi connectivity index (χ4v) is 3.00. The molecule has 0 radical (unpaired) electrons. The minimum atomic E-state index is -1.03. The van der Waals surface area contributed by atoms with Gasteiger partial charge in [0.2, 0.25) is 5.91 Å². The van der Waals surface area contributed by atoms with Gasteiger partial charge in [-0.05, 0) is 32.1 Å². The molecule has 18 heavy (non-hydrogen) atoms. The van der Waals surface area contributed by atoms with Crippen LogP contribution in [0.1, 0.15) is 51.4 Å². The number of ether oxygens (including phenoxy) is 1. The van der Waals surface area contributed by atoms with Crippen LogP contribution in [0.2, 0.25) is 0 Å². The van der Waals surface area contributed by atoms with Crippen LogP contribution in [0.4, 0.5) is 0 Å². The monoisotopic (exact) mass is 255 g/mol. The first kappa shape index (κ1) is 13.3. The molecule has 2 aliphatic rings. The summed E-state index contributed by atoms with van der Waals surface area (Å²) in [6.07, 6.45) is 5.92. The molecule has 0 unspecified atom stereocenters. The molecule has 0 heterocycles. The number of carboxylic acids is 1. The van der Waals surface area contributed by atoms with E-state index in [0.29, 0.717) is 12.8 Å². The molecule has 0 aliphatic heterocycles. The minimum absolute atomic E-state index is 0.194. The highest BCUT2D eigenvalue weighted by Gasteiger charge is 2.45. The highest BCUT2D eigenvalue weighted by Crippen LogP contribution is 2.38. The smallest absolute Gasteiger partial charge is 0.329 e. The second-order valence-corrected chi connectivity index (χ2v) is 5.56. The van der Waals surface area contributed by atoms with Crippen molar-refractivity contribution in [3.8, 4) is 0 Å². The van der Waals surface area contributed by atoms with Crippen molar-refractivity contribution in [3.63, 3.8) is 0 Å². The Morgan fingerprint density at radius 2 is 1.78 bits per heavy atom. The Morgan fingerprint density at radius 3 is 2.17 bits per heavy atom. The van der Waals surface area contributed by atoms with E-state index in [1.54, 1.807) is 7.11 Å². The number of hydrogen-bond donors (Lipinski definition) is 2. The number of methoxy groups -OCH3 is 1. The van der Waals surface area contributed by atoms with Gasteiger partial charge in [-0.15, -0.1) is 0 Å². The zero-order valence-electron chi connectivity index (χ0n) is 10.8. The first-order chi connectivity index (χ1) is 8.52. The summed E-state index contributed by atoms with van der Waals surface area (Å²) >= 11 is 0. The summed E-state index contributed by atoms with van der Waals surface area (Å²) in [6, 6.07) is 0. The summed E-state index contributed by atoms with van der Waals surface area (Å²) in [4.78, 5) is 23.4. The maximum absolute atomic E-state index is 12.0. The van der Waals surface area contributed by atoms with E-state index in [2.05, 4.69) is 5.32 Å². The summed E-state index contributed by atoms with van der Waals surface area (Å²) in [5.74, 6) is -1.10. The number of carboxylic acid groups (broad SMARTS) is 1. The number of rotatable bonds is 5. The van der Waals surface area contributed by atoms with E-state index < -0.39 is 11.5 Å². The van der Waals surface area contributed by atoms with Crippen molar-refractivity contribution >= 4 is 11.9 Å². The molecule has 0 spiro atoms. The fraction of sp³-hybridized carbons (Fsp3) is 0.846. The van der Waals surface area contributed by atoms with E-state index in [-0.39, 0.29) is 17.9 Å². The highest BCUT2D eigenvalue weighted by atomic mass is 16.5. The van der Waals surface area contributed by atoms with E-state index in [1.807, 2.05) is 0 Å². The normalized spacial score (nSPS) is 24.3. The van der Waals surface area contributed by atoms with Gasteiger partial charge in [0.05, 0.1) is 12.0 Å². The van der Waals surface area contributed by atoms with Gasteiger partial charge in [0.25, 0.3) is 0 Å². The van der Waals surface area contributed by atoms with Crippen LogP contribution in [0, 0.1) is 0 Å². The maximum atomic E-state index is 12.0. The molecule has 102 valence electrons. The van der Waals surface area contributed by atoms with E-state index in [9.17, 15) is 14.7 Å². The average molecular weight is 255 g/mol. The number of carbonyl (C=O) groups is 2. The average Bonchev–Trinajstić information content (AvgIpc) is 2.73. The van der Waals surface area contributed by atoms with Gasteiger partial charge < -0.3 is 15.2 Å². The quantitative estimate of drug-likeness (QED) is 0.779. The van der Waals surface area contributed by atoms with Gasteiger partial charge in [-0.3, -0.25) is 4.79 Å². The summed E-state index contributed by atoms with van der Waals surface area (Å²) in [6.45, 7) is 0. The molecule has 0 saturated heterocycles. The Balaban J connectivity index is 1.95. The Hall–Kier alpha value is -1.10. The SMILES string of the molecule is COC1(CC(=O)NC2(C(=O)O)CCCC2)CCC1. The van der Waals surface area contributed by atoms with Crippen LogP contribution >= 0.6 is 0 Å². The molecule has 0 aromatic rings. The van der Waals surface area contributed by atoms with Gasteiger partial charge in [0.15, 0.2) is 0 Å². The zero-order chi connectivity index (χ0) is 13.2. The Morgan fingerprint density at radius 1 is 1.17 bits per heavy atom. The van der Waals surface area contributed by atoms with Crippen LogP contribution < -0.4 is 5.32 Å². The van der Waals surface area contributed by atoms with Crippen molar-refractivity contribution in [2.75, 3.05) is 7.11 Å². The lowest BCUT2D eigenvalue weighted by Crippen LogP contribution is -2.55. The molecule has 5 heteroatoms. The Kier molecular flexibility index (Phi) is 3.61. The molecule has 2 rings (SSSR count). The predicted octanol–water partition coefficient (Wildman–Crippen LogP) is 1.46. The third-order valence-electron chi connectivity index (χ3n) is 4.43. The number of amides is 1. The number of hydrogen-bond acceptors (Lipinski definition) is 3. The van der Waals surface area contributed by atoms with Crippen molar-refractivity contribution < 1.29 is 19.4 Å². The molecule has 2 aliphatic carbocycles. The minimum Gasteiger partial charge on any atom is -0.480 e. The number of nitrogens with one attached hydrogen (secondary N) is 1. The van der Waals surface area contributed by atoms with E-state index in [4.69, 9.17) is 4.74 Å². The standard InChI is InChI=1S/C13H21NO4/c1-18-12(5-4-6-12)9-10(15)14-13(11(16)17)7-2-3-8-13/h2-9H2,1H3,(H,14,15)(H,16,17). The third-order valence-corrected chi connectivity index (χ3v) is 4.43. The van der Waals surface area contributed by atoms with Crippen molar-refractivity contribution in [2.45, 2.75) is 62.5 Å². The lowest BCUT2D eigenvalue weighted by atomic mass is 9.77. The maximum Gasteiger partial charge on any atom is 0.329 e. The second kappa shape index (κ2) is 4.88. The summed E-state index contributed by atoms with van der Waals surface area (Å²) in [5.41, 5.74) is -1.38. The van der Waals surface area contributed by atoms with Crippen LogP contribution in [0.25, 0.3) is 0 Å². The molecule has 2 N–H and O–H groups in total. The number of carbonyl (C=O) groups excluding carboxylic acids is 1. The molecular formula is C13H21NO4. The lowest BCUT2D eigenvalue weighted by Gasteiger charge is -2.40. The molecular weight excluding hydrogens is 234 g/mol. The van der Waals surface area contributed by atoms with E-state index in [0.717, 1.165) is 32.1 Å². The molecule has 0 atom stereocenters. The first-order valence-electron chi connectivity index (χ1n) is 6.62. The van der Waals surface area contributed by atoms with Crippen LogP contribution in [-0.2, 0) is 14.3 Å². The largest absolute Gasteiger partial charge is 0.480 e. The second-order valence-electron chi connectivity index (χ2n) is 5.56. The Bertz CT molecular complexity index is 337. The topological polar surface area (TPSA) is 75.6 Å². The predicted molar refractivity (Wildman–Crippen MR) is 65.2 cm³/mol. The van der Waals surface area contributed by atoms with Crippen molar-refractivity contribution in [1.29, 1.82) is 0 Å². The van der Waals surface area contributed by atoms with Crippen molar-refractivity contribution in [3.05, 3.63) is 0 Å². The van der Waals surface area contributed by atoms with Gasteiger partial charge in [0, 0.05) is 7.11 Å².